The second-order valence-electron chi connectivity index (χ2n) is 3.00. The lowest BCUT2D eigenvalue weighted by atomic mass is 10.3. The standard InChI is InChI=1S/C8H13IN2O/c1-7(9)8(12)11-5-3-10(2)4-6-11/h1,3-6H2,2H3. The number of amides is 1. The van der Waals surface area contributed by atoms with Crippen molar-refractivity contribution in [3.05, 3.63) is 10.2 Å². The van der Waals surface area contributed by atoms with Crippen molar-refractivity contribution in [3.63, 3.8) is 0 Å². The Labute approximate surface area is 86.5 Å². The van der Waals surface area contributed by atoms with Crippen LogP contribution in [0.15, 0.2) is 10.2 Å². The number of hydrogen-bond acceptors (Lipinski definition) is 2. The highest BCUT2D eigenvalue weighted by Gasteiger charge is 2.19. The Morgan fingerprint density at radius 3 is 2.25 bits per heavy atom. The van der Waals surface area contributed by atoms with E-state index in [1.54, 1.807) is 0 Å². The molecule has 0 atom stereocenters. The van der Waals surface area contributed by atoms with Crippen LogP contribution in [0.1, 0.15) is 0 Å². The van der Waals surface area contributed by atoms with Gasteiger partial charge in [0.1, 0.15) is 0 Å². The molecule has 0 aromatic carbocycles. The van der Waals surface area contributed by atoms with E-state index in [9.17, 15) is 4.79 Å². The molecule has 68 valence electrons. The molecule has 1 amide bonds. The van der Waals surface area contributed by atoms with Gasteiger partial charge in [-0.05, 0) is 29.6 Å². The van der Waals surface area contributed by atoms with E-state index in [1.807, 2.05) is 27.5 Å². The number of hydrogen-bond donors (Lipinski definition) is 0. The van der Waals surface area contributed by atoms with Crippen LogP contribution in [-0.2, 0) is 4.79 Å². The fourth-order valence-corrected chi connectivity index (χ4v) is 1.52. The van der Waals surface area contributed by atoms with Gasteiger partial charge in [0.05, 0.1) is 3.58 Å². The van der Waals surface area contributed by atoms with Crippen molar-refractivity contribution < 1.29 is 4.79 Å². The fraction of sp³-hybridized carbons (Fsp3) is 0.625. The van der Waals surface area contributed by atoms with Crippen LogP contribution in [0.25, 0.3) is 0 Å². The number of likely N-dealkylation sites (N-methyl/N-ethyl adjacent to an activating group) is 1. The van der Waals surface area contributed by atoms with Gasteiger partial charge in [-0.3, -0.25) is 4.79 Å². The van der Waals surface area contributed by atoms with Gasteiger partial charge in [0.25, 0.3) is 5.91 Å². The van der Waals surface area contributed by atoms with E-state index in [4.69, 9.17) is 0 Å². The summed E-state index contributed by atoms with van der Waals surface area (Å²) in [5.41, 5.74) is 0. The molecule has 1 saturated heterocycles. The van der Waals surface area contributed by atoms with E-state index in [1.165, 1.54) is 0 Å². The van der Waals surface area contributed by atoms with Crippen LogP contribution in [0, 0.1) is 0 Å². The third-order valence-electron chi connectivity index (χ3n) is 2.02. The third kappa shape index (κ3) is 2.45. The molecule has 0 aromatic heterocycles. The normalized spacial score (nSPS) is 19.3. The minimum Gasteiger partial charge on any atom is -0.336 e. The second-order valence-corrected chi connectivity index (χ2v) is 4.30. The molecule has 3 nitrogen and oxygen atoms in total. The van der Waals surface area contributed by atoms with Gasteiger partial charge < -0.3 is 9.80 Å². The minimum absolute atomic E-state index is 0.0868. The zero-order chi connectivity index (χ0) is 9.14. The molecule has 0 unspecified atom stereocenters. The first-order valence-electron chi connectivity index (χ1n) is 3.93. The van der Waals surface area contributed by atoms with Gasteiger partial charge in [-0.1, -0.05) is 6.58 Å². The SMILES string of the molecule is C=C(I)C(=O)N1CCN(C)CC1. The van der Waals surface area contributed by atoms with Gasteiger partial charge in [-0.15, -0.1) is 0 Å². The Morgan fingerprint density at radius 1 is 1.33 bits per heavy atom. The molecule has 0 spiro atoms. The summed E-state index contributed by atoms with van der Waals surface area (Å²) >= 11 is 1.98. The van der Waals surface area contributed by atoms with Gasteiger partial charge in [0.2, 0.25) is 0 Å². The zero-order valence-electron chi connectivity index (χ0n) is 7.22. The molecule has 0 saturated carbocycles. The molecular formula is C8H13IN2O. The monoisotopic (exact) mass is 280 g/mol. The van der Waals surface area contributed by atoms with Gasteiger partial charge in [-0.25, -0.2) is 0 Å². The Morgan fingerprint density at radius 2 is 1.83 bits per heavy atom. The highest BCUT2D eigenvalue weighted by atomic mass is 127. The van der Waals surface area contributed by atoms with Crippen molar-refractivity contribution in [1.29, 1.82) is 0 Å². The number of nitrogens with zero attached hydrogens (tertiary/aromatic N) is 2. The number of carbonyl (C=O) groups excluding carboxylic acids is 1. The molecule has 12 heavy (non-hydrogen) atoms. The Balaban J connectivity index is 2.44. The van der Waals surface area contributed by atoms with Gasteiger partial charge in [0, 0.05) is 26.2 Å². The average molecular weight is 280 g/mol. The van der Waals surface area contributed by atoms with E-state index in [-0.39, 0.29) is 5.91 Å². The van der Waals surface area contributed by atoms with E-state index in [2.05, 4.69) is 18.5 Å². The van der Waals surface area contributed by atoms with Crippen molar-refractivity contribution in [1.82, 2.24) is 9.80 Å². The highest BCUT2D eigenvalue weighted by Crippen LogP contribution is 2.09. The highest BCUT2D eigenvalue weighted by molar-refractivity contribution is 14.1. The lowest BCUT2D eigenvalue weighted by Gasteiger charge is -2.32. The summed E-state index contributed by atoms with van der Waals surface area (Å²) in [6.07, 6.45) is 0. The molecule has 1 fully saturated rings. The van der Waals surface area contributed by atoms with Crippen molar-refractivity contribution in [3.8, 4) is 0 Å². The number of halogens is 1. The summed E-state index contributed by atoms with van der Waals surface area (Å²) in [6.45, 7) is 7.23. The van der Waals surface area contributed by atoms with Gasteiger partial charge in [0.15, 0.2) is 0 Å². The van der Waals surface area contributed by atoms with Crippen molar-refractivity contribution in [2.24, 2.45) is 0 Å². The fourth-order valence-electron chi connectivity index (χ4n) is 1.18. The molecule has 1 aliphatic rings. The quantitative estimate of drug-likeness (QED) is 0.521. The smallest absolute Gasteiger partial charge is 0.259 e. The van der Waals surface area contributed by atoms with Crippen molar-refractivity contribution in [2.45, 2.75) is 0 Å². The molecular weight excluding hydrogens is 267 g/mol. The first kappa shape index (κ1) is 9.98. The predicted octanol–water partition coefficient (Wildman–Crippen LogP) is 0.709. The largest absolute Gasteiger partial charge is 0.336 e. The molecule has 4 heteroatoms. The third-order valence-corrected chi connectivity index (χ3v) is 2.48. The Bertz CT molecular complexity index is 197. The summed E-state index contributed by atoms with van der Waals surface area (Å²) in [5, 5.41) is 0. The molecule has 0 radical (unpaired) electrons. The van der Waals surface area contributed by atoms with Crippen LogP contribution in [0.4, 0.5) is 0 Å². The summed E-state index contributed by atoms with van der Waals surface area (Å²) in [5.74, 6) is 0.0868. The van der Waals surface area contributed by atoms with E-state index in [0.29, 0.717) is 3.58 Å². The van der Waals surface area contributed by atoms with Gasteiger partial charge >= 0.3 is 0 Å². The predicted molar refractivity (Wildman–Crippen MR) is 57.2 cm³/mol. The maximum Gasteiger partial charge on any atom is 0.259 e. The minimum atomic E-state index is 0.0868. The number of carbonyl (C=O) groups is 1. The summed E-state index contributed by atoms with van der Waals surface area (Å²) in [7, 11) is 2.07. The van der Waals surface area contributed by atoms with Crippen LogP contribution in [0.2, 0.25) is 0 Å². The molecule has 1 aliphatic heterocycles. The number of piperazine rings is 1. The Hall–Kier alpha value is -0.100. The summed E-state index contributed by atoms with van der Waals surface area (Å²) < 4.78 is 0.608. The summed E-state index contributed by atoms with van der Waals surface area (Å²) in [4.78, 5) is 15.5. The molecule has 0 N–H and O–H groups in total. The zero-order valence-corrected chi connectivity index (χ0v) is 9.37. The van der Waals surface area contributed by atoms with Crippen LogP contribution >= 0.6 is 22.6 Å². The topological polar surface area (TPSA) is 23.6 Å². The first-order valence-corrected chi connectivity index (χ1v) is 5.01. The van der Waals surface area contributed by atoms with Crippen LogP contribution in [0.3, 0.4) is 0 Å². The second kappa shape index (κ2) is 4.23. The average Bonchev–Trinajstić information content (AvgIpc) is 2.04. The van der Waals surface area contributed by atoms with Gasteiger partial charge in [-0.2, -0.15) is 0 Å². The van der Waals surface area contributed by atoms with E-state index < -0.39 is 0 Å². The molecule has 0 aliphatic carbocycles. The van der Waals surface area contributed by atoms with E-state index in [0.717, 1.165) is 26.2 Å². The molecule has 0 aromatic rings. The Kier molecular flexibility index (Phi) is 3.52. The van der Waals surface area contributed by atoms with Crippen molar-refractivity contribution >= 4 is 28.5 Å². The number of rotatable bonds is 1. The van der Waals surface area contributed by atoms with Crippen molar-refractivity contribution in [2.75, 3.05) is 33.2 Å². The molecule has 0 bridgehead atoms. The van der Waals surface area contributed by atoms with Crippen LogP contribution < -0.4 is 0 Å². The first-order chi connectivity index (χ1) is 5.61. The molecule has 1 heterocycles. The maximum atomic E-state index is 11.4. The van der Waals surface area contributed by atoms with E-state index >= 15 is 0 Å². The van der Waals surface area contributed by atoms with Crippen LogP contribution in [-0.4, -0.2) is 48.9 Å². The lowest BCUT2D eigenvalue weighted by molar-refractivity contribution is -0.127. The summed E-state index contributed by atoms with van der Waals surface area (Å²) in [6, 6.07) is 0. The lowest BCUT2D eigenvalue weighted by Crippen LogP contribution is -2.47. The maximum absolute atomic E-state index is 11.4. The van der Waals surface area contributed by atoms with Crippen LogP contribution in [0.5, 0.6) is 0 Å². The molecule has 1 rings (SSSR count).